The van der Waals surface area contributed by atoms with E-state index in [0.29, 0.717) is 44.0 Å². The van der Waals surface area contributed by atoms with Gasteiger partial charge in [0.05, 0.1) is 0 Å². The number of carboxylic acids is 1. The van der Waals surface area contributed by atoms with Crippen molar-refractivity contribution in [1.29, 1.82) is 0 Å². The van der Waals surface area contributed by atoms with Crippen molar-refractivity contribution in [2.75, 3.05) is 26.4 Å². The summed E-state index contributed by atoms with van der Waals surface area (Å²) in [6.07, 6.45) is 6.15. The van der Waals surface area contributed by atoms with E-state index in [1.54, 1.807) is 0 Å². The molecule has 1 atom stereocenters. The van der Waals surface area contributed by atoms with Crippen molar-refractivity contribution in [2.24, 2.45) is 15.7 Å². The number of rotatable bonds is 13. The van der Waals surface area contributed by atoms with Crippen molar-refractivity contribution in [3.8, 4) is 0 Å². The molecule has 1 saturated heterocycles. The second-order valence-corrected chi connectivity index (χ2v) is 7.47. The monoisotopic (exact) mass is 422 g/mol. The fourth-order valence-electron chi connectivity index (χ4n) is 3.64. The molecule has 168 valence electrons. The van der Waals surface area contributed by atoms with E-state index in [9.17, 15) is 14.7 Å². The number of ether oxygens (including phenoxy) is 1. The molecule has 10 heteroatoms. The van der Waals surface area contributed by atoms with Crippen LogP contribution < -0.4 is 11.4 Å². The molecular weight excluding hydrogens is 388 g/mol. The van der Waals surface area contributed by atoms with Crippen LogP contribution >= 0.6 is 0 Å². The smallest absolute Gasteiger partial charge is 0.327 e. The van der Waals surface area contributed by atoms with Gasteiger partial charge in [-0.1, -0.05) is 19.8 Å². The Morgan fingerprint density at radius 2 is 2.10 bits per heavy atom. The lowest BCUT2D eigenvalue weighted by Gasteiger charge is -2.32. The van der Waals surface area contributed by atoms with Gasteiger partial charge in [0.15, 0.2) is 5.82 Å². The molecule has 0 bridgehead atoms. The van der Waals surface area contributed by atoms with Gasteiger partial charge in [-0.3, -0.25) is 14.3 Å². The number of likely N-dealkylation sites (tertiary alicyclic amines) is 1. The number of aliphatic imine (C=N–C) groups is 2. The predicted octanol–water partition coefficient (Wildman–Crippen LogP) is 1.71. The molecule has 0 aromatic carbocycles. The summed E-state index contributed by atoms with van der Waals surface area (Å²) >= 11 is 0. The molecule has 2 heterocycles. The molecule has 0 spiro atoms. The molecule has 1 aromatic heterocycles. The summed E-state index contributed by atoms with van der Waals surface area (Å²) in [7, 11) is 0. The Morgan fingerprint density at radius 3 is 2.80 bits per heavy atom. The van der Waals surface area contributed by atoms with Crippen LogP contribution in [0.4, 0.5) is 5.82 Å². The molecule has 0 aliphatic carbocycles. The Bertz CT molecular complexity index is 785. The summed E-state index contributed by atoms with van der Waals surface area (Å²) in [6.45, 7) is 8.30. The lowest BCUT2D eigenvalue weighted by atomic mass is 10.0. The largest absolute Gasteiger partial charge is 0.480 e. The number of imidazole rings is 1. The Morgan fingerprint density at radius 1 is 1.33 bits per heavy atom. The Balaban J connectivity index is 1.93. The molecule has 0 radical (unpaired) electrons. The number of nitrogens with two attached hydrogens (primary N) is 1. The Kier molecular flexibility index (Phi) is 9.75. The first-order chi connectivity index (χ1) is 14.5. The van der Waals surface area contributed by atoms with Crippen molar-refractivity contribution in [2.45, 2.75) is 64.5 Å². The van der Waals surface area contributed by atoms with Crippen molar-refractivity contribution < 1.29 is 14.6 Å². The molecule has 0 saturated carbocycles. The number of aromatic nitrogens is 2. The van der Waals surface area contributed by atoms with Crippen LogP contribution in [0.1, 0.15) is 57.6 Å². The van der Waals surface area contributed by atoms with E-state index < -0.39 is 12.0 Å². The fourth-order valence-corrected chi connectivity index (χ4v) is 3.64. The molecular formula is C20H34N6O4. The number of amidine groups is 1. The highest BCUT2D eigenvalue weighted by Gasteiger charge is 2.27. The summed E-state index contributed by atoms with van der Waals surface area (Å²) in [5.41, 5.74) is 6.02. The van der Waals surface area contributed by atoms with E-state index in [0.717, 1.165) is 38.6 Å². The third-order valence-electron chi connectivity index (χ3n) is 5.31. The number of carboxylic acid groups (broad SMARTS) is 1. The van der Waals surface area contributed by atoms with Crippen molar-refractivity contribution >= 4 is 24.3 Å². The molecule has 1 unspecified atom stereocenters. The normalized spacial score (nSPS) is 17.9. The lowest BCUT2D eigenvalue weighted by Crippen LogP contribution is -2.45. The minimum atomic E-state index is -0.757. The molecule has 4 N–H and O–H groups in total. The molecule has 1 aromatic rings. The number of nitrogens with one attached hydrogen (secondary N) is 1. The highest BCUT2D eigenvalue weighted by Crippen LogP contribution is 2.19. The van der Waals surface area contributed by atoms with Gasteiger partial charge in [-0.15, -0.1) is 0 Å². The van der Waals surface area contributed by atoms with Crippen LogP contribution in [0.2, 0.25) is 0 Å². The van der Waals surface area contributed by atoms with Crippen molar-refractivity contribution in [1.82, 2.24) is 14.5 Å². The zero-order valence-corrected chi connectivity index (χ0v) is 17.8. The fraction of sp³-hybridized carbons (Fsp3) is 0.700. The highest BCUT2D eigenvalue weighted by molar-refractivity contribution is 5.99. The molecule has 1 aliphatic heterocycles. The van der Waals surface area contributed by atoms with Crippen LogP contribution in [0.5, 0.6) is 0 Å². The van der Waals surface area contributed by atoms with E-state index in [-0.39, 0.29) is 18.3 Å². The molecule has 10 nitrogen and oxygen atoms in total. The van der Waals surface area contributed by atoms with E-state index in [2.05, 4.69) is 28.6 Å². The third kappa shape index (κ3) is 6.53. The number of H-pyrrole nitrogens is 1. The van der Waals surface area contributed by atoms with Crippen LogP contribution in [0.25, 0.3) is 0 Å². The quantitative estimate of drug-likeness (QED) is 0.251. The molecule has 0 amide bonds. The van der Waals surface area contributed by atoms with Gasteiger partial charge >= 0.3 is 11.7 Å². The summed E-state index contributed by atoms with van der Waals surface area (Å²) in [6, 6.07) is -0.402. The topological polar surface area (TPSA) is 138 Å². The van der Waals surface area contributed by atoms with Gasteiger partial charge in [0, 0.05) is 13.2 Å². The summed E-state index contributed by atoms with van der Waals surface area (Å²) in [5, 5.41) is 9.36. The van der Waals surface area contributed by atoms with E-state index >= 15 is 0 Å². The second-order valence-electron chi connectivity index (χ2n) is 7.47. The number of hydrogen-bond acceptors (Lipinski definition) is 6. The first-order valence-corrected chi connectivity index (χ1v) is 10.6. The number of aromatic amines is 1. The van der Waals surface area contributed by atoms with Gasteiger partial charge in [-0.25, -0.2) is 14.8 Å². The van der Waals surface area contributed by atoms with Gasteiger partial charge in [0.2, 0.25) is 0 Å². The van der Waals surface area contributed by atoms with Gasteiger partial charge in [0.1, 0.15) is 24.3 Å². The third-order valence-corrected chi connectivity index (χ3v) is 5.31. The first kappa shape index (κ1) is 23.8. The summed E-state index contributed by atoms with van der Waals surface area (Å²) in [5.74, 6) is -0.244. The van der Waals surface area contributed by atoms with Crippen LogP contribution in [0.15, 0.2) is 14.8 Å². The van der Waals surface area contributed by atoms with Crippen LogP contribution in [0.3, 0.4) is 0 Å². The minimum absolute atomic E-state index is 0.121. The average Bonchev–Trinajstić information content (AvgIpc) is 3.06. The molecule has 30 heavy (non-hydrogen) atoms. The second kappa shape index (κ2) is 12.3. The zero-order valence-electron chi connectivity index (χ0n) is 17.8. The number of piperidine rings is 1. The van der Waals surface area contributed by atoms with Crippen LogP contribution in [0, 0.1) is 0 Å². The maximum Gasteiger partial charge on any atom is 0.327 e. The lowest BCUT2D eigenvalue weighted by molar-refractivity contribution is -0.144. The zero-order chi connectivity index (χ0) is 21.9. The Labute approximate surface area is 176 Å². The summed E-state index contributed by atoms with van der Waals surface area (Å²) in [4.78, 5) is 36.6. The highest BCUT2D eigenvalue weighted by atomic mass is 16.5. The molecule has 1 fully saturated rings. The van der Waals surface area contributed by atoms with Gasteiger partial charge in [-0.2, -0.15) is 0 Å². The minimum Gasteiger partial charge on any atom is -0.480 e. The van der Waals surface area contributed by atoms with Crippen LogP contribution in [-0.4, -0.2) is 70.5 Å². The molecule has 2 rings (SSSR count). The number of aliphatic carboxylic acids is 1. The van der Waals surface area contributed by atoms with Gasteiger partial charge in [0.25, 0.3) is 0 Å². The standard InChI is InChI=1S/C20H34N6O4/c1-3-4-13-30-14-23-17(21)16-18(22-2)26(20(29)24-16)12-8-7-11-25-10-6-5-9-15(25)19(27)28/h15H,2-14H2,1H3,(H2,21,23)(H,24,29)(H,27,28). The number of carbonyl (C=O) groups is 1. The van der Waals surface area contributed by atoms with E-state index in [4.69, 9.17) is 10.5 Å². The van der Waals surface area contributed by atoms with Crippen molar-refractivity contribution in [3.63, 3.8) is 0 Å². The summed E-state index contributed by atoms with van der Waals surface area (Å²) < 4.78 is 6.87. The number of hydrogen-bond donors (Lipinski definition) is 3. The van der Waals surface area contributed by atoms with E-state index in [1.807, 2.05) is 4.90 Å². The van der Waals surface area contributed by atoms with Crippen LogP contribution in [-0.2, 0) is 16.1 Å². The maximum atomic E-state index is 12.4. The van der Waals surface area contributed by atoms with E-state index in [1.165, 1.54) is 4.57 Å². The molecule has 1 aliphatic rings. The number of nitrogens with zero attached hydrogens (tertiary/aromatic N) is 4. The van der Waals surface area contributed by atoms with Gasteiger partial charge in [-0.05, 0) is 51.9 Å². The first-order valence-electron chi connectivity index (χ1n) is 10.6. The predicted molar refractivity (Wildman–Crippen MR) is 117 cm³/mol. The van der Waals surface area contributed by atoms with Gasteiger partial charge < -0.3 is 20.6 Å². The SMILES string of the molecule is C=Nc1c(/C(N)=N\COCCCC)[nH]c(=O)n1CCCCN1CCCCC1C(=O)O. The Hall–Kier alpha value is -2.46. The number of unbranched alkanes of at least 4 members (excludes halogenated alkanes) is 2. The maximum absolute atomic E-state index is 12.4. The van der Waals surface area contributed by atoms with Crippen molar-refractivity contribution in [3.05, 3.63) is 16.2 Å². The average molecular weight is 423 g/mol.